The van der Waals surface area contributed by atoms with E-state index in [0.717, 1.165) is 42.0 Å². The van der Waals surface area contributed by atoms with Crippen molar-refractivity contribution in [3.63, 3.8) is 0 Å². The van der Waals surface area contributed by atoms with E-state index < -0.39 is 18.5 Å². The van der Waals surface area contributed by atoms with Gasteiger partial charge >= 0.3 is 5.97 Å². The molecule has 9 nitrogen and oxygen atoms in total. The highest BCUT2D eigenvalue weighted by Crippen LogP contribution is 2.38. The number of benzene rings is 2. The quantitative estimate of drug-likeness (QED) is 0.407. The molecule has 35 heavy (non-hydrogen) atoms. The number of fused-ring (bicyclic) bond motifs is 4. The number of carbonyl (C=O) groups is 4. The van der Waals surface area contributed by atoms with Gasteiger partial charge in [-0.3, -0.25) is 24.1 Å². The van der Waals surface area contributed by atoms with Gasteiger partial charge in [0.15, 0.2) is 6.61 Å². The molecule has 1 saturated heterocycles. The topological polar surface area (TPSA) is 115 Å². The van der Waals surface area contributed by atoms with E-state index in [2.05, 4.69) is 5.32 Å². The number of amides is 3. The van der Waals surface area contributed by atoms with E-state index in [4.69, 9.17) is 13.9 Å². The number of nitrogens with zero attached hydrogens (tertiary/aromatic N) is 1. The van der Waals surface area contributed by atoms with Gasteiger partial charge < -0.3 is 19.2 Å². The third-order valence-electron chi connectivity index (χ3n) is 6.81. The molecule has 0 spiro atoms. The third kappa shape index (κ3) is 4.34. The molecule has 3 aromatic rings. The van der Waals surface area contributed by atoms with Crippen molar-refractivity contribution in [3.8, 4) is 5.75 Å². The summed E-state index contributed by atoms with van der Waals surface area (Å²) in [5.41, 5.74) is 1.69. The minimum atomic E-state index is -0.657. The fourth-order valence-electron chi connectivity index (χ4n) is 5.08. The molecule has 2 heterocycles. The molecular formula is C26H26N2O7. The highest BCUT2D eigenvalue weighted by Gasteiger charge is 2.47. The van der Waals surface area contributed by atoms with E-state index in [9.17, 15) is 19.2 Å². The maximum atomic E-state index is 12.5. The van der Waals surface area contributed by atoms with Gasteiger partial charge in [-0.2, -0.15) is 0 Å². The molecule has 2 unspecified atom stereocenters. The van der Waals surface area contributed by atoms with E-state index in [1.807, 2.05) is 24.3 Å². The number of hydrogen-bond acceptors (Lipinski definition) is 7. The first-order valence-electron chi connectivity index (χ1n) is 11.8. The summed E-state index contributed by atoms with van der Waals surface area (Å²) in [6.07, 6.45) is 3.18. The summed E-state index contributed by atoms with van der Waals surface area (Å²) < 4.78 is 16.3. The average molecular weight is 479 g/mol. The molecule has 1 aliphatic heterocycles. The van der Waals surface area contributed by atoms with Crippen molar-refractivity contribution in [2.45, 2.75) is 32.1 Å². The summed E-state index contributed by atoms with van der Waals surface area (Å²) in [6, 6.07) is 11.0. The zero-order chi connectivity index (χ0) is 24.5. The first-order valence-corrected chi connectivity index (χ1v) is 11.8. The lowest BCUT2D eigenvalue weighted by atomic mass is 9.81. The van der Waals surface area contributed by atoms with Crippen LogP contribution < -0.4 is 10.1 Å². The van der Waals surface area contributed by atoms with Gasteiger partial charge in [-0.1, -0.05) is 31.0 Å². The van der Waals surface area contributed by atoms with E-state index in [0.29, 0.717) is 17.0 Å². The lowest BCUT2D eigenvalue weighted by Crippen LogP contribution is -2.33. The van der Waals surface area contributed by atoms with Crippen LogP contribution in [0.4, 0.5) is 5.69 Å². The predicted molar refractivity (Wildman–Crippen MR) is 127 cm³/mol. The Hall–Kier alpha value is -3.88. The van der Waals surface area contributed by atoms with Crippen LogP contribution in [0.2, 0.25) is 0 Å². The molecule has 1 aromatic heterocycles. The number of anilines is 1. The minimum Gasteiger partial charge on any atom is -0.495 e. The first kappa shape index (κ1) is 22.9. The van der Waals surface area contributed by atoms with Gasteiger partial charge in [0.2, 0.25) is 11.8 Å². The molecule has 2 atom stereocenters. The second-order valence-corrected chi connectivity index (χ2v) is 8.93. The zero-order valence-corrected chi connectivity index (χ0v) is 19.4. The molecule has 1 saturated carbocycles. The van der Waals surface area contributed by atoms with Crippen LogP contribution in [0, 0.1) is 11.8 Å². The largest absolute Gasteiger partial charge is 0.495 e. The number of furan rings is 1. The predicted octanol–water partition coefficient (Wildman–Crippen LogP) is 3.64. The van der Waals surface area contributed by atoms with Crippen LogP contribution in [0.25, 0.3) is 21.9 Å². The molecule has 2 aliphatic rings. The molecule has 1 N–H and O–H groups in total. The Morgan fingerprint density at radius 3 is 2.46 bits per heavy atom. The van der Waals surface area contributed by atoms with Crippen LogP contribution in [0.3, 0.4) is 0 Å². The van der Waals surface area contributed by atoms with E-state index in [-0.39, 0.29) is 36.6 Å². The minimum absolute atomic E-state index is 0.0261. The molecule has 1 aliphatic carbocycles. The molecule has 2 aromatic carbocycles. The van der Waals surface area contributed by atoms with Crippen molar-refractivity contribution in [2.75, 3.05) is 25.6 Å². The number of imide groups is 1. The Bertz CT molecular complexity index is 1300. The van der Waals surface area contributed by atoms with Crippen LogP contribution in [0.5, 0.6) is 5.75 Å². The van der Waals surface area contributed by atoms with Crippen molar-refractivity contribution in [1.29, 1.82) is 0 Å². The van der Waals surface area contributed by atoms with Crippen LogP contribution in [-0.2, 0) is 23.9 Å². The van der Waals surface area contributed by atoms with Gasteiger partial charge in [0.05, 0.1) is 31.1 Å². The standard InChI is InChI=1S/C26H26N2O7/c1-33-22-12-18-15-6-4-5-9-20(15)35-21(18)13-19(22)27-23(29)14-34-24(30)10-11-28-25(31)16-7-2-3-8-17(16)26(28)32/h4-6,9,12-13,16-17H,2-3,7-8,10-11,14H2,1H3,(H,27,29). The number of esters is 1. The fourth-order valence-corrected chi connectivity index (χ4v) is 5.08. The third-order valence-corrected chi connectivity index (χ3v) is 6.81. The molecular weight excluding hydrogens is 452 g/mol. The summed E-state index contributed by atoms with van der Waals surface area (Å²) in [6.45, 7) is -0.533. The first-order chi connectivity index (χ1) is 17.0. The fraction of sp³-hybridized carbons (Fsp3) is 0.385. The summed E-state index contributed by atoms with van der Waals surface area (Å²) in [4.78, 5) is 50.8. The second kappa shape index (κ2) is 9.40. The number of hydrogen-bond donors (Lipinski definition) is 1. The van der Waals surface area contributed by atoms with Crippen LogP contribution in [0.15, 0.2) is 40.8 Å². The maximum Gasteiger partial charge on any atom is 0.308 e. The number of methoxy groups -OCH3 is 1. The van der Waals surface area contributed by atoms with Crippen molar-refractivity contribution in [2.24, 2.45) is 11.8 Å². The number of carbonyl (C=O) groups excluding carboxylic acids is 4. The molecule has 0 radical (unpaired) electrons. The average Bonchev–Trinajstić information content (AvgIpc) is 3.35. The zero-order valence-electron chi connectivity index (χ0n) is 19.4. The molecule has 182 valence electrons. The number of nitrogens with one attached hydrogen (secondary N) is 1. The Kier molecular flexibility index (Phi) is 6.15. The maximum absolute atomic E-state index is 12.5. The van der Waals surface area contributed by atoms with Gasteiger partial charge in [-0.15, -0.1) is 0 Å². The SMILES string of the molecule is COc1cc2c(cc1NC(=O)COC(=O)CCN1C(=O)C3CCCCC3C1=O)oc1ccccc12. The lowest BCUT2D eigenvalue weighted by Gasteiger charge is -2.19. The normalized spacial score (nSPS) is 19.7. The highest BCUT2D eigenvalue weighted by atomic mass is 16.5. The Morgan fingerprint density at radius 1 is 1.03 bits per heavy atom. The molecule has 3 amide bonds. The monoisotopic (exact) mass is 478 g/mol. The van der Waals surface area contributed by atoms with Crippen molar-refractivity contribution >= 4 is 51.3 Å². The number of rotatable bonds is 7. The van der Waals surface area contributed by atoms with Crippen LogP contribution in [0.1, 0.15) is 32.1 Å². The molecule has 9 heteroatoms. The molecule has 5 rings (SSSR count). The highest BCUT2D eigenvalue weighted by molar-refractivity contribution is 6.08. The molecule has 0 bridgehead atoms. The van der Waals surface area contributed by atoms with Gasteiger partial charge in [0.25, 0.3) is 5.91 Å². The van der Waals surface area contributed by atoms with E-state index >= 15 is 0 Å². The van der Waals surface area contributed by atoms with E-state index in [1.165, 1.54) is 12.0 Å². The van der Waals surface area contributed by atoms with Crippen molar-refractivity contribution in [1.82, 2.24) is 4.90 Å². The van der Waals surface area contributed by atoms with Gasteiger partial charge in [0, 0.05) is 23.4 Å². The number of ether oxygens (including phenoxy) is 2. The van der Waals surface area contributed by atoms with Crippen LogP contribution >= 0.6 is 0 Å². The lowest BCUT2D eigenvalue weighted by molar-refractivity contribution is -0.148. The van der Waals surface area contributed by atoms with Crippen molar-refractivity contribution in [3.05, 3.63) is 36.4 Å². The number of para-hydroxylation sites is 1. The summed E-state index contributed by atoms with van der Waals surface area (Å²) >= 11 is 0. The van der Waals surface area contributed by atoms with Crippen LogP contribution in [-0.4, -0.2) is 48.9 Å². The Balaban J connectivity index is 1.17. The second-order valence-electron chi connectivity index (χ2n) is 8.93. The summed E-state index contributed by atoms with van der Waals surface area (Å²) in [7, 11) is 1.50. The summed E-state index contributed by atoms with van der Waals surface area (Å²) in [5, 5.41) is 4.47. The Labute approximate surface area is 201 Å². The van der Waals surface area contributed by atoms with Gasteiger partial charge in [0.1, 0.15) is 16.9 Å². The van der Waals surface area contributed by atoms with Crippen molar-refractivity contribution < 1.29 is 33.1 Å². The Morgan fingerprint density at radius 2 is 1.74 bits per heavy atom. The molecule has 2 fully saturated rings. The van der Waals surface area contributed by atoms with Gasteiger partial charge in [-0.25, -0.2) is 0 Å². The van der Waals surface area contributed by atoms with E-state index in [1.54, 1.807) is 12.1 Å². The summed E-state index contributed by atoms with van der Waals surface area (Å²) in [5.74, 6) is -1.66. The smallest absolute Gasteiger partial charge is 0.308 e. The number of likely N-dealkylation sites (tertiary alicyclic amines) is 1. The van der Waals surface area contributed by atoms with Gasteiger partial charge in [-0.05, 0) is 25.0 Å².